The Hall–Kier alpha value is 0.110. The van der Waals surface area contributed by atoms with Crippen molar-refractivity contribution in [2.45, 2.75) is 13.3 Å². The van der Waals surface area contributed by atoms with Gasteiger partial charge in [-0.3, -0.25) is 0 Å². The average Bonchev–Trinajstić information content (AvgIpc) is 2.15. The van der Waals surface area contributed by atoms with Crippen LogP contribution in [-0.4, -0.2) is 58.7 Å². The molecule has 0 fully saturated rings. The van der Waals surface area contributed by atoms with Crippen LogP contribution in [0.4, 0.5) is 0 Å². The summed E-state index contributed by atoms with van der Waals surface area (Å²) in [6.07, 6.45) is 1.57. The molecule has 0 aliphatic heterocycles. The van der Waals surface area contributed by atoms with Gasteiger partial charge in [0.1, 0.15) is 0 Å². The first-order valence-corrected chi connectivity index (χ1v) is 9.25. The Kier molecular flexibility index (Phi) is 7.57. The molecule has 1 N–H and O–H groups in total. The molecule has 17 heavy (non-hydrogen) atoms. The van der Waals surface area contributed by atoms with Crippen LogP contribution in [0.1, 0.15) is 13.3 Å². The lowest BCUT2D eigenvalue weighted by Gasteiger charge is -2.17. The summed E-state index contributed by atoms with van der Waals surface area (Å²) in [4.78, 5) is 0. The number of nitrogens with zero attached hydrogens (tertiary/aromatic N) is 1. The Morgan fingerprint density at radius 1 is 1.24 bits per heavy atom. The lowest BCUT2D eigenvalue weighted by atomic mass is 10.4. The van der Waals surface area contributed by atoms with Gasteiger partial charge in [0, 0.05) is 25.5 Å². The number of rotatable bonds is 9. The van der Waals surface area contributed by atoms with Crippen molar-refractivity contribution in [2.24, 2.45) is 0 Å². The molecule has 0 spiro atoms. The van der Waals surface area contributed by atoms with Gasteiger partial charge in [0.25, 0.3) is 0 Å². The van der Waals surface area contributed by atoms with E-state index >= 15 is 0 Å². The fourth-order valence-corrected chi connectivity index (χ4v) is 3.56. The lowest BCUT2D eigenvalue weighted by molar-refractivity contribution is 0.424. The molecule has 9 heteroatoms. The third-order valence-electron chi connectivity index (χ3n) is 2.07. The van der Waals surface area contributed by atoms with Gasteiger partial charge in [0.05, 0.1) is 12.0 Å². The highest BCUT2D eigenvalue weighted by Gasteiger charge is 2.14. The summed E-state index contributed by atoms with van der Waals surface area (Å²) in [5.41, 5.74) is 0. The molecule has 0 heterocycles. The second-order valence-electron chi connectivity index (χ2n) is 3.51. The highest BCUT2D eigenvalue weighted by Crippen LogP contribution is 1.98. The minimum atomic E-state index is -3.32. The topological polar surface area (TPSA) is 83.6 Å². The molecule has 0 atom stereocenters. The van der Waals surface area contributed by atoms with Crippen LogP contribution in [-0.2, 0) is 20.0 Å². The molecule has 0 unspecified atom stereocenters. The molecule has 0 aliphatic rings. The van der Waals surface area contributed by atoms with E-state index in [9.17, 15) is 16.8 Å². The molecule has 6 nitrogen and oxygen atoms in total. The molecule has 0 rings (SSSR count). The lowest BCUT2D eigenvalue weighted by Crippen LogP contribution is -2.34. The molecule has 104 valence electrons. The van der Waals surface area contributed by atoms with Gasteiger partial charge in [-0.15, -0.1) is 11.6 Å². The number of hydrogen-bond acceptors (Lipinski definition) is 4. The third-order valence-corrected chi connectivity index (χ3v) is 5.25. The van der Waals surface area contributed by atoms with Crippen LogP contribution in [0.5, 0.6) is 0 Å². The fraction of sp³-hybridized carbons (Fsp3) is 1.00. The molecule has 0 aliphatic carbocycles. The summed E-state index contributed by atoms with van der Waals surface area (Å²) in [5, 5.41) is 0. The van der Waals surface area contributed by atoms with E-state index in [0.29, 0.717) is 19.5 Å². The summed E-state index contributed by atoms with van der Waals surface area (Å²) in [7, 11) is -6.53. The maximum Gasteiger partial charge on any atom is 0.212 e. The number of sulfonamides is 2. The maximum atomic E-state index is 11.2. The summed E-state index contributed by atoms with van der Waals surface area (Å²) >= 11 is 5.32. The van der Waals surface area contributed by atoms with E-state index in [-0.39, 0.29) is 18.2 Å². The van der Waals surface area contributed by atoms with Crippen molar-refractivity contribution in [1.29, 1.82) is 0 Å². The number of halogens is 1. The van der Waals surface area contributed by atoms with Crippen molar-refractivity contribution in [3.8, 4) is 0 Å². The van der Waals surface area contributed by atoms with Gasteiger partial charge in [-0.1, -0.05) is 6.92 Å². The maximum absolute atomic E-state index is 11.2. The zero-order valence-corrected chi connectivity index (χ0v) is 12.4. The molecule has 0 bridgehead atoms. The van der Waals surface area contributed by atoms with Crippen molar-refractivity contribution in [2.75, 3.05) is 37.5 Å². The quantitative estimate of drug-likeness (QED) is 0.473. The van der Waals surface area contributed by atoms with E-state index < -0.39 is 20.0 Å². The first-order chi connectivity index (χ1) is 7.73. The third kappa shape index (κ3) is 7.93. The van der Waals surface area contributed by atoms with Crippen LogP contribution >= 0.6 is 11.6 Å². The second-order valence-corrected chi connectivity index (χ2v) is 7.80. The summed E-state index contributed by atoms with van der Waals surface area (Å²) in [6, 6.07) is 0. The van der Waals surface area contributed by atoms with Crippen LogP contribution < -0.4 is 4.72 Å². The molecule has 0 amide bonds. The predicted molar refractivity (Wildman–Crippen MR) is 69.2 cm³/mol. The number of hydrogen-bond donors (Lipinski definition) is 1. The fourth-order valence-electron chi connectivity index (χ4n) is 1.22. The van der Waals surface area contributed by atoms with Crippen LogP contribution in [0.15, 0.2) is 0 Å². The van der Waals surface area contributed by atoms with Gasteiger partial charge in [-0.2, -0.15) is 0 Å². The van der Waals surface area contributed by atoms with Crippen molar-refractivity contribution >= 4 is 31.6 Å². The molecular weight excluding hydrogens is 288 g/mol. The van der Waals surface area contributed by atoms with Gasteiger partial charge >= 0.3 is 0 Å². The van der Waals surface area contributed by atoms with E-state index in [0.717, 1.165) is 6.26 Å². The zero-order valence-electron chi connectivity index (χ0n) is 10.0. The van der Waals surface area contributed by atoms with E-state index in [2.05, 4.69) is 4.72 Å². The molecule has 0 aromatic heterocycles. The summed E-state index contributed by atoms with van der Waals surface area (Å²) in [5.74, 6) is -0.0854. The Morgan fingerprint density at radius 2 is 1.82 bits per heavy atom. The predicted octanol–water partition coefficient (Wildman–Crippen LogP) is -0.184. The van der Waals surface area contributed by atoms with Gasteiger partial charge in [-0.05, 0) is 6.42 Å². The normalized spacial score (nSPS) is 13.2. The molecule has 0 saturated carbocycles. The summed E-state index contributed by atoms with van der Waals surface area (Å²) in [6.45, 7) is 2.63. The van der Waals surface area contributed by atoms with E-state index in [4.69, 9.17) is 11.6 Å². The second kappa shape index (κ2) is 7.52. The van der Waals surface area contributed by atoms with Gasteiger partial charge in [0.2, 0.25) is 20.0 Å². The number of nitrogens with one attached hydrogen (secondary N) is 1. The number of alkyl halides is 1. The van der Waals surface area contributed by atoms with Gasteiger partial charge in [0.15, 0.2) is 0 Å². The average molecular weight is 307 g/mol. The first-order valence-electron chi connectivity index (χ1n) is 5.21. The minimum absolute atomic E-state index is 0.0414. The van der Waals surface area contributed by atoms with Crippen LogP contribution in [0, 0.1) is 0 Å². The SMILES string of the molecule is CCN(CCCNS(=O)(=O)CCCl)S(C)(=O)=O. The Morgan fingerprint density at radius 3 is 2.24 bits per heavy atom. The minimum Gasteiger partial charge on any atom is -0.215 e. The smallest absolute Gasteiger partial charge is 0.212 e. The molecule has 0 aromatic carbocycles. The molecule has 0 aromatic rings. The van der Waals surface area contributed by atoms with Crippen molar-refractivity contribution in [3.05, 3.63) is 0 Å². The first kappa shape index (κ1) is 17.1. The Balaban J connectivity index is 4.01. The molecule has 0 saturated heterocycles. The Labute approximate surface area is 108 Å². The molecule has 0 radical (unpaired) electrons. The standard InChI is InChI=1S/C8H19ClN2O4S2/c1-3-11(16(2,12)13)7-4-6-10-17(14,15)8-5-9/h10H,3-8H2,1-2H3. The zero-order chi connectivity index (χ0) is 13.5. The highest BCUT2D eigenvalue weighted by atomic mass is 35.5. The van der Waals surface area contributed by atoms with E-state index in [1.807, 2.05) is 0 Å². The molecular formula is C8H19ClN2O4S2. The van der Waals surface area contributed by atoms with Crippen LogP contribution in [0.2, 0.25) is 0 Å². The van der Waals surface area contributed by atoms with Crippen molar-refractivity contribution in [1.82, 2.24) is 9.03 Å². The van der Waals surface area contributed by atoms with Crippen LogP contribution in [0.3, 0.4) is 0 Å². The largest absolute Gasteiger partial charge is 0.215 e. The van der Waals surface area contributed by atoms with Crippen molar-refractivity contribution < 1.29 is 16.8 Å². The van der Waals surface area contributed by atoms with Crippen molar-refractivity contribution in [3.63, 3.8) is 0 Å². The summed E-state index contributed by atoms with van der Waals surface area (Å²) < 4.78 is 48.5. The highest BCUT2D eigenvalue weighted by molar-refractivity contribution is 7.89. The van der Waals surface area contributed by atoms with Gasteiger partial charge < -0.3 is 0 Å². The van der Waals surface area contributed by atoms with Gasteiger partial charge in [-0.25, -0.2) is 25.9 Å². The van der Waals surface area contributed by atoms with Crippen LogP contribution in [0.25, 0.3) is 0 Å². The Bertz CT molecular complexity index is 407. The van der Waals surface area contributed by atoms with E-state index in [1.54, 1.807) is 6.92 Å². The monoisotopic (exact) mass is 306 g/mol. The van der Waals surface area contributed by atoms with E-state index in [1.165, 1.54) is 4.31 Å².